The highest BCUT2D eigenvalue weighted by atomic mass is 16.5. The van der Waals surface area contributed by atoms with Crippen molar-refractivity contribution in [3.8, 4) is 5.75 Å². The van der Waals surface area contributed by atoms with Crippen molar-refractivity contribution in [2.24, 2.45) is 5.92 Å². The second-order valence-corrected chi connectivity index (χ2v) is 6.37. The van der Waals surface area contributed by atoms with Gasteiger partial charge in [0.15, 0.2) is 0 Å². The Bertz CT molecular complexity index is 555. The summed E-state index contributed by atoms with van der Waals surface area (Å²) in [6, 6.07) is 10.00. The zero-order valence-corrected chi connectivity index (χ0v) is 12.8. The van der Waals surface area contributed by atoms with Crippen LogP contribution in [0, 0.1) is 5.92 Å². The van der Waals surface area contributed by atoms with Crippen molar-refractivity contribution in [1.82, 2.24) is 10.3 Å². The fraction of sp³-hybridized carbons (Fsp3) is 0.471. The molecular weight excluding hydrogens is 248 g/mol. The third-order valence-electron chi connectivity index (χ3n) is 3.11. The van der Waals surface area contributed by atoms with Gasteiger partial charge >= 0.3 is 0 Å². The lowest BCUT2D eigenvalue weighted by atomic mass is 10.1. The van der Waals surface area contributed by atoms with E-state index in [2.05, 4.69) is 44.1 Å². The fourth-order valence-corrected chi connectivity index (χ4v) is 1.97. The summed E-state index contributed by atoms with van der Waals surface area (Å²) in [5.74, 6) is 1.37. The van der Waals surface area contributed by atoms with Crippen molar-refractivity contribution in [3.63, 3.8) is 0 Å². The van der Waals surface area contributed by atoms with Crippen LogP contribution in [0.3, 0.4) is 0 Å². The van der Waals surface area contributed by atoms with Crippen LogP contribution in [0.1, 0.15) is 27.7 Å². The van der Waals surface area contributed by atoms with E-state index in [0.717, 1.165) is 23.2 Å². The normalized spacial score (nSPS) is 13.4. The summed E-state index contributed by atoms with van der Waals surface area (Å²) in [4.78, 5) is 4.35. The minimum atomic E-state index is 0.150. The van der Waals surface area contributed by atoms with Gasteiger partial charge in [-0.25, -0.2) is 0 Å². The SMILES string of the molecule is CC(CNC(C)(C)C)COc1cccc2ncccc12. The molecule has 2 rings (SSSR count). The largest absolute Gasteiger partial charge is 0.493 e. The topological polar surface area (TPSA) is 34.1 Å². The Morgan fingerprint density at radius 2 is 2.00 bits per heavy atom. The molecular formula is C17H24N2O. The third kappa shape index (κ3) is 4.20. The molecule has 1 aromatic heterocycles. The highest BCUT2D eigenvalue weighted by molar-refractivity contribution is 5.84. The summed E-state index contributed by atoms with van der Waals surface area (Å²) >= 11 is 0. The van der Waals surface area contributed by atoms with Gasteiger partial charge in [0, 0.05) is 29.6 Å². The lowest BCUT2D eigenvalue weighted by Crippen LogP contribution is -2.39. The van der Waals surface area contributed by atoms with Crippen LogP contribution in [0.5, 0.6) is 5.75 Å². The molecule has 0 aliphatic heterocycles. The first-order chi connectivity index (χ1) is 9.46. The predicted octanol–water partition coefficient (Wildman–Crippen LogP) is 3.64. The number of benzene rings is 1. The van der Waals surface area contributed by atoms with Gasteiger partial charge in [-0.3, -0.25) is 4.98 Å². The van der Waals surface area contributed by atoms with Crippen LogP contribution in [-0.4, -0.2) is 23.7 Å². The summed E-state index contributed by atoms with van der Waals surface area (Å²) in [5, 5.41) is 4.58. The maximum Gasteiger partial charge on any atom is 0.128 e. The number of nitrogens with zero attached hydrogens (tertiary/aromatic N) is 1. The quantitative estimate of drug-likeness (QED) is 0.902. The molecule has 0 aliphatic carbocycles. The van der Waals surface area contributed by atoms with Crippen molar-refractivity contribution >= 4 is 10.9 Å². The first-order valence-corrected chi connectivity index (χ1v) is 7.17. The number of rotatable bonds is 5. The number of hydrogen-bond acceptors (Lipinski definition) is 3. The van der Waals surface area contributed by atoms with Crippen molar-refractivity contribution in [1.29, 1.82) is 0 Å². The van der Waals surface area contributed by atoms with Gasteiger partial charge in [0.25, 0.3) is 0 Å². The van der Waals surface area contributed by atoms with Crippen LogP contribution >= 0.6 is 0 Å². The van der Waals surface area contributed by atoms with Gasteiger partial charge in [0.1, 0.15) is 5.75 Å². The summed E-state index contributed by atoms with van der Waals surface area (Å²) in [7, 11) is 0. The smallest absolute Gasteiger partial charge is 0.128 e. The molecule has 0 fully saturated rings. The van der Waals surface area contributed by atoms with Crippen LogP contribution in [0.4, 0.5) is 0 Å². The summed E-state index contributed by atoms with van der Waals surface area (Å²) in [5.41, 5.74) is 1.13. The Morgan fingerprint density at radius 1 is 1.20 bits per heavy atom. The van der Waals surface area contributed by atoms with Gasteiger partial charge in [0.05, 0.1) is 12.1 Å². The maximum atomic E-state index is 5.97. The van der Waals surface area contributed by atoms with E-state index in [-0.39, 0.29) is 5.54 Å². The summed E-state index contributed by atoms with van der Waals surface area (Å²) in [6.45, 7) is 10.4. The molecule has 0 aliphatic rings. The number of hydrogen-bond donors (Lipinski definition) is 1. The number of fused-ring (bicyclic) bond motifs is 1. The molecule has 2 aromatic rings. The van der Waals surface area contributed by atoms with E-state index in [1.807, 2.05) is 30.5 Å². The zero-order valence-electron chi connectivity index (χ0n) is 12.8. The lowest BCUT2D eigenvalue weighted by Gasteiger charge is -2.23. The van der Waals surface area contributed by atoms with Gasteiger partial charge in [-0.1, -0.05) is 13.0 Å². The number of aromatic nitrogens is 1. The minimum absolute atomic E-state index is 0.150. The van der Waals surface area contributed by atoms with Gasteiger partial charge in [-0.05, 0) is 45.0 Å². The molecule has 0 saturated carbocycles. The first-order valence-electron chi connectivity index (χ1n) is 7.17. The fourth-order valence-electron chi connectivity index (χ4n) is 1.97. The number of ether oxygens (including phenoxy) is 1. The molecule has 0 amide bonds. The molecule has 1 aromatic carbocycles. The lowest BCUT2D eigenvalue weighted by molar-refractivity contribution is 0.246. The van der Waals surface area contributed by atoms with Crippen LogP contribution in [0.25, 0.3) is 10.9 Å². The monoisotopic (exact) mass is 272 g/mol. The zero-order chi connectivity index (χ0) is 14.6. The molecule has 3 nitrogen and oxygen atoms in total. The van der Waals surface area contributed by atoms with Crippen molar-refractivity contribution in [2.75, 3.05) is 13.2 Å². The second-order valence-electron chi connectivity index (χ2n) is 6.37. The summed E-state index contributed by atoms with van der Waals surface area (Å²) in [6.07, 6.45) is 1.81. The second kappa shape index (κ2) is 6.23. The molecule has 1 atom stereocenters. The Balaban J connectivity index is 1.96. The molecule has 1 heterocycles. The minimum Gasteiger partial charge on any atom is -0.493 e. The van der Waals surface area contributed by atoms with E-state index in [1.54, 1.807) is 0 Å². The number of pyridine rings is 1. The van der Waals surface area contributed by atoms with Crippen LogP contribution in [0.2, 0.25) is 0 Å². The third-order valence-corrected chi connectivity index (χ3v) is 3.11. The number of nitrogens with one attached hydrogen (secondary N) is 1. The van der Waals surface area contributed by atoms with Crippen molar-refractivity contribution in [3.05, 3.63) is 36.5 Å². The van der Waals surface area contributed by atoms with Gasteiger partial charge in [-0.15, -0.1) is 0 Å². The Morgan fingerprint density at radius 3 is 2.75 bits per heavy atom. The molecule has 20 heavy (non-hydrogen) atoms. The predicted molar refractivity (Wildman–Crippen MR) is 84.2 cm³/mol. The van der Waals surface area contributed by atoms with Gasteiger partial charge in [-0.2, -0.15) is 0 Å². The highest BCUT2D eigenvalue weighted by Gasteiger charge is 2.12. The van der Waals surface area contributed by atoms with Crippen LogP contribution < -0.4 is 10.1 Å². The molecule has 0 radical (unpaired) electrons. The molecule has 0 saturated heterocycles. The highest BCUT2D eigenvalue weighted by Crippen LogP contribution is 2.24. The molecule has 1 N–H and O–H groups in total. The van der Waals surface area contributed by atoms with E-state index in [1.165, 1.54) is 0 Å². The summed E-state index contributed by atoms with van der Waals surface area (Å²) < 4.78 is 5.97. The van der Waals surface area contributed by atoms with Crippen LogP contribution in [-0.2, 0) is 0 Å². The van der Waals surface area contributed by atoms with E-state index < -0.39 is 0 Å². The van der Waals surface area contributed by atoms with Gasteiger partial charge in [0.2, 0.25) is 0 Å². The van der Waals surface area contributed by atoms with E-state index >= 15 is 0 Å². The molecule has 108 valence electrons. The van der Waals surface area contributed by atoms with Crippen molar-refractivity contribution < 1.29 is 4.74 Å². The van der Waals surface area contributed by atoms with Crippen LogP contribution in [0.15, 0.2) is 36.5 Å². The molecule has 0 bridgehead atoms. The average Bonchev–Trinajstić information content (AvgIpc) is 2.42. The van der Waals surface area contributed by atoms with Crippen molar-refractivity contribution in [2.45, 2.75) is 33.2 Å². The molecule has 3 heteroatoms. The Hall–Kier alpha value is -1.61. The van der Waals surface area contributed by atoms with E-state index in [9.17, 15) is 0 Å². The average molecular weight is 272 g/mol. The molecule has 0 spiro atoms. The van der Waals surface area contributed by atoms with Gasteiger partial charge < -0.3 is 10.1 Å². The Labute approximate surface area is 121 Å². The van der Waals surface area contributed by atoms with E-state index in [0.29, 0.717) is 12.5 Å². The Kier molecular flexibility index (Phi) is 4.61. The van der Waals surface area contributed by atoms with E-state index in [4.69, 9.17) is 4.74 Å². The molecule has 1 unspecified atom stereocenters. The maximum absolute atomic E-state index is 5.97. The first kappa shape index (κ1) is 14.8. The standard InChI is InChI=1S/C17H24N2O/c1-13(11-19-17(2,3)4)12-20-16-9-5-8-15-14(16)7-6-10-18-15/h5-10,13,19H,11-12H2,1-4H3.